The molecule has 2 aromatic rings. The lowest BCUT2D eigenvalue weighted by Crippen LogP contribution is -2.38. The molecule has 2 aromatic heterocycles. The highest BCUT2D eigenvalue weighted by atomic mass is 127. The molecule has 0 fully saturated rings. The van der Waals surface area contributed by atoms with Gasteiger partial charge in [0.05, 0.1) is 6.54 Å². The van der Waals surface area contributed by atoms with Gasteiger partial charge in [-0.2, -0.15) is 0 Å². The predicted molar refractivity (Wildman–Crippen MR) is 115 cm³/mol. The van der Waals surface area contributed by atoms with Crippen molar-refractivity contribution in [1.29, 1.82) is 0 Å². The van der Waals surface area contributed by atoms with Crippen molar-refractivity contribution in [3.8, 4) is 0 Å². The van der Waals surface area contributed by atoms with E-state index < -0.39 is 0 Å². The zero-order chi connectivity index (χ0) is 16.5. The van der Waals surface area contributed by atoms with Crippen LogP contribution in [-0.4, -0.2) is 24.0 Å². The summed E-state index contributed by atoms with van der Waals surface area (Å²) in [7, 11) is 0. The second kappa shape index (κ2) is 11.4. The minimum atomic E-state index is 0. The third-order valence-corrected chi connectivity index (χ3v) is 4.70. The zero-order valence-electron chi connectivity index (χ0n) is 14.6. The number of pyridine rings is 1. The summed E-state index contributed by atoms with van der Waals surface area (Å²) < 4.78 is 0. The van der Waals surface area contributed by atoms with Crippen LogP contribution in [0.25, 0.3) is 0 Å². The van der Waals surface area contributed by atoms with Crippen molar-refractivity contribution in [1.82, 2.24) is 15.6 Å². The second-order valence-corrected chi connectivity index (χ2v) is 6.65. The fourth-order valence-electron chi connectivity index (χ4n) is 2.17. The molecule has 0 spiro atoms. The number of aliphatic imine (C=N–C) groups is 1. The minimum absolute atomic E-state index is 0. The monoisotopic (exact) mass is 458 g/mol. The lowest BCUT2D eigenvalue weighted by atomic mass is 10.2. The number of aromatic nitrogens is 1. The summed E-state index contributed by atoms with van der Waals surface area (Å²) in [6.45, 7) is 8.72. The van der Waals surface area contributed by atoms with Crippen LogP contribution >= 0.6 is 35.3 Å². The van der Waals surface area contributed by atoms with Crippen molar-refractivity contribution in [3.63, 3.8) is 0 Å². The van der Waals surface area contributed by atoms with Gasteiger partial charge in [0.1, 0.15) is 0 Å². The van der Waals surface area contributed by atoms with Crippen LogP contribution < -0.4 is 10.6 Å². The second-order valence-electron chi connectivity index (χ2n) is 5.40. The maximum atomic E-state index is 4.67. The summed E-state index contributed by atoms with van der Waals surface area (Å²) in [6, 6.07) is 8.55. The first kappa shape index (κ1) is 20.9. The van der Waals surface area contributed by atoms with Crippen LogP contribution in [0.4, 0.5) is 0 Å². The van der Waals surface area contributed by atoms with Crippen molar-refractivity contribution in [2.45, 2.75) is 40.2 Å². The Morgan fingerprint density at radius 2 is 1.92 bits per heavy atom. The average Bonchev–Trinajstić information content (AvgIpc) is 3.02. The third kappa shape index (κ3) is 7.17. The highest BCUT2D eigenvalue weighted by Gasteiger charge is 2.01. The lowest BCUT2D eigenvalue weighted by molar-refractivity contribution is 0.798. The van der Waals surface area contributed by atoms with Gasteiger partial charge in [-0.1, -0.05) is 13.0 Å². The Hall–Kier alpha value is -1.15. The Balaban J connectivity index is 0.00000288. The summed E-state index contributed by atoms with van der Waals surface area (Å²) in [6.07, 6.45) is 3.98. The Morgan fingerprint density at radius 3 is 2.54 bits per heavy atom. The van der Waals surface area contributed by atoms with E-state index in [1.165, 1.54) is 15.3 Å². The topological polar surface area (TPSA) is 49.3 Å². The van der Waals surface area contributed by atoms with E-state index in [0.29, 0.717) is 0 Å². The number of rotatable bonds is 7. The molecule has 0 saturated heterocycles. The van der Waals surface area contributed by atoms with Crippen LogP contribution in [0.1, 0.15) is 34.9 Å². The molecule has 0 saturated carbocycles. The molecule has 0 amide bonds. The van der Waals surface area contributed by atoms with Crippen LogP contribution in [0.15, 0.2) is 35.5 Å². The van der Waals surface area contributed by atoms with Crippen molar-refractivity contribution in [2.75, 3.05) is 13.1 Å². The summed E-state index contributed by atoms with van der Waals surface area (Å²) in [5.41, 5.74) is 2.30. The summed E-state index contributed by atoms with van der Waals surface area (Å²) in [5.74, 6) is 0.874. The fourth-order valence-corrected chi connectivity index (χ4v) is 3.05. The Kier molecular flexibility index (Phi) is 9.94. The van der Waals surface area contributed by atoms with Crippen LogP contribution in [0, 0.1) is 6.92 Å². The first-order valence-corrected chi connectivity index (χ1v) is 9.04. The van der Waals surface area contributed by atoms with Crippen molar-refractivity contribution < 1.29 is 0 Å². The molecular weight excluding hydrogens is 431 g/mol. The van der Waals surface area contributed by atoms with Gasteiger partial charge in [0, 0.05) is 34.7 Å². The number of thiophene rings is 1. The number of halogens is 1. The molecule has 0 aliphatic carbocycles. The standard InChI is InChI=1S/C18H26N4S.HI/c1-4-16-8-9-17(23-16)13-22-18(19-5-2)20-11-10-15-7-6-14(3)21-12-15;/h6-9,12H,4-5,10-11,13H2,1-3H3,(H2,19,20,22);1H. The predicted octanol–water partition coefficient (Wildman–Crippen LogP) is 3.93. The molecule has 2 heterocycles. The Morgan fingerprint density at radius 1 is 1.12 bits per heavy atom. The molecule has 0 aromatic carbocycles. The van der Waals surface area contributed by atoms with E-state index in [1.54, 1.807) is 0 Å². The number of aryl methyl sites for hydroxylation is 2. The molecule has 0 aliphatic rings. The average molecular weight is 458 g/mol. The quantitative estimate of drug-likeness (QED) is 0.376. The first-order chi connectivity index (χ1) is 11.2. The molecule has 4 nitrogen and oxygen atoms in total. The zero-order valence-corrected chi connectivity index (χ0v) is 17.8. The molecule has 0 atom stereocenters. The van der Waals surface area contributed by atoms with E-state index in [9.17, 15) is 0 Å². The largest absolute Gasteiger partial charge is 0.357 e. The van der Waals surface area contributed by atoms with Crippen molar-refractivity contribution in [2.24, 2.45) is 4.99 Å². The molecule has 132 valence electrons. The first-order valence-electron chi connectivity index (χ1n) is 8.22. The van der Waals surface area contributed by atoms with E-state index >= 15 is 0 Å². The Bertz CT molecular complexity index is 622. The lowest BCUT2D eigenvalue weighted by Gasteiger charge is -2.11. The summed E-state index contributed by atoms with van der Waals surface area (Å²) >= 11 is 1.84. The van der Waals surface area contributed by atoms with Gasteiger partial charge >= 0.3 is 0 Å². The molecule has 0 bridgehead atoms. The molecular formula is C18H27IN4S. The van der Waals surface area contributed by atoms with E-state index in [0.717, 1.165) is 44.1 Å². The van der Waals surface area contributed by atoms with Gasteiger partial charge in [-0.05, 0) is 50.5 Å². The highest BCUT2D eigenvalue weighted by Crippen LogP contribution is 2.17. The molecule has 6 heteroatoms. The van der Waals surface area contributed by atoms with Crippen LogP contribution in [0.5, 0.6) is 0 Å². The maximum Gasteiger partial charge on any atom is 0.191 e. The molecule has 0 unspecified atom stereocenters. The van der Waals surface area contributed by atoms with Gasteiger partial charge in [-0.15, -0.1) is 35.3 Å². The van der Waals surface area contributed by atoms with E-state index in [1.807, 2.05) is 24.5 Å². The van der Waals surface area contributed by atoms with Gasteiger partial charge in [-0.25, -0.2) is 4.99 Å². The SMILES string of the molecule is CCNC(=NCc1ccc(CC)s1)NCCc1ccc(C)nc1.I. The van der Waals surface area contributed by atoms with Gasteiger partial charge < -0.3 is 10.6 Å². The summed E-state index contributed by atoms with van der Waals surface area (Å²) in [5, 5.41) is 6.69. The molecule has 24 heavy (non-hydrogen) atoms. The van der Waals surface area contributed by atoms with E-state index in [4.69, 9.17) is 0 Å². The molecule has 0 aliphatic heterocycles. The van der Waals surface area contributed by atoms with Crippen molar-refractivity contribution in [3.05, 3.63) is 51.5 Å². The Labute approximate surface area is 166 Å². The van der Waals surface area contributed by atoms with Gasteiger partial charge in [0.15, 0.2) is 5.96 Å². The van der Waals surface area contributed by atoms with Gasteiger partial charge in [-0.3, -0.25) is 4.98 Å². The number of nitrogens with one attached hydrogen (secondary N) is 2. The fraction of sp³-hybridized carbons (Fsp3) is 0.444. The summed E-state index contributed by atoms with van der Waals surface area (Å²) in [4.78, 5) is 11.7. The highest BCUT2D eigenvalue weighted by molar-refractivity contribution is 14.0. The maximum absolute atomic E-state index is 4.67. The number of guanidine groups is 1. The van der Waals surface area contributed by atoms with Gasteiger partial charge in [0.25, 0.3) is 0 Å². The number of hydrogen-bond donors (Lipinski definition) is 2. The third-order valence-electron chi connectivity index (χ3n) is 3.48. The van der Waals surface area contributed by atoms with E-state index in [-0.39, 0.29) is 24.0 Å². The molecule has 0 radical (unpaired) electrons. The van der Waals surface area contributed by atoms with E-state index in [2.05, 4.69) is 58.7 Å². The molecule has 2 rings (SSSR count). The van der Waals surface area contributed by atoms with Gasteiger partial charge in [0.2, 0.25) is 0 Å². The number of hydrogen-bond acceptors (Lipinski definition) is 3. The smallest absolute Gasteiger partial charge is 0.191 e. The molecule has 2 N–H and O–H groups in total. The van der Waals surface area contributed by atoms with Crippen LogP contribution in [0.3, 0.4) is 0 Å². The normalized spacial score (nSPS) is 11.0. The number of nitrogens with zero attached hydrogens (tertiary/aromatic N) is 2. The van der Waals surface area contributed by atoms with Crippen molar-refractivity contribution >= 4 is 41.3 Å². The van der Waals surface area contributed by atoms with Crippen LogP contribution in [-0.2, 0) is 19.4 Å². The minimum Gasteiger partial charge on any atom is -0.357 e. The van der Waals surface area contributed by atoms with Crippen LogP contribution in [0.2, 0.25) is 0 Å².